The van der Waals surface area contributed by atoms with Gasteiger partial charge in [0.25, 0.3) is 6.71 Å². The first kappa shape index (κ1) is 37.9. The molecule has 0 bridgehead atoms. The lowest BCUT2D eigenvalue weighted by Gasteiger charge is -2.45. The molecule has 2 aliphatic heterocycles. The predicted octanol–water partition coefficient (Wildman–Crippen LogP) is 15.1. The number of para-hydroxylation sites is 2. The number of nitrogens with zero attached hydrogens (tertiary/aromatic N) is 2. The largest absolute Gasteiger partial charge is 0.311 e. The van der Waals surface area contributed by atoms with Gasteiger partial charge >= 0.3 is 0 Å². The second-order valence-electron chi connectivity index (χ2n) is 18.2. The lowest BCUT2D eigenvalue weighted by molar-refractivity contribution is 0.444. The third-order valence-electron chi connectivity index (χ3n) is 14.6. The SMILES string of the molecule is c1ccc(-c2ccc3c(c2)B2c4ccccc4N(c4ccccc4-c4ccccc4)c4cc(C5CCCCC5)cc(c42)N3c2ccc(-c3cc4ccccc4c4ccccc34)cc2)cc1. The summed E-state index contributed by atoms with van der Waals surface area (Å²) in [6, 6.07) is 81.9. The van der Waals surface area contributed by atoms with Crippen LogP contribution in [0.3, 0.4) is 0 Å². The van der Waals surface area contributed by atoms with Gasteiger partial charge in [0.05, 0.1) is 5.69 Å². The zero-order valence-corrected chi connectivity index (χ0v) is 36.4. The summed E-state index contributed by atoms with van der Waals surface area (Å²) < 4.78 is 0. The normalized spacial score (nSPS) is 14.3. The molecule has 3 aliphatic rings. The molecule has 0 N–H and O–H groups in total. The van der Waals surface area contributed by atoms with E-state index in [-0.39, 0.29) is 6.71 Å². The smallest absolute Gasteiger partial charge is 0.252 e. The summed E-state index contributed by atoms with van der Waals surface area (Å²) in [6.45, 7) is 0.0369. The molecule has 2 heterocycles. The lowest BCUT2D eigenvalue weighted by atomic mass is 9.33. The van der Waals surface area contributed by atoms with Crippen LogP contribution in [-0.4, -0.2) is 6.71 Å². The molecule has 308 valence electrons. The molecule has 65 heavy (non-hydrogen) atoms. The van der Waals surface area contributed by atoms with E-state index in [0.29, 0.717) is 5.92 Å². The minimum atomic E-state index is 0.0369. The summed E-state index contributed by atoms with van der Waals surface area (Å²) in [5.41, 5.74) is 20.3. The molecule has 0 aromatic heterocycles. The quantitative estimate of drug-likeness (QED) is 0.122. The van der Waals surface area contributed by atoms with Crippen LogP contribution in [0.2, 0.25) is 0 Å². The van der Waals surface area contributed by atoms with E-state index in [2.05, 4.69) is 228 Å². The summed E-state index contributed by atoms with van der Waals surface area (Å²) in [6.07, 6.45) is 6.34. The number of anilines is 6. The highest BCUT2D eigenvalue weighted by Crippen LogP contribution is 2.49. The van der Waals surface area contributed by atoms with Crippen LogP contribution in [0.4, 0.5) is 34.1 Å². The highest BCUT2D eigenvalue weighted by Gasteiger charge is 2.44. The van der Waals surface area contributed by atoms with Crippen LogP contribution in [-0.2, 0) is 0 Å². The fraction of sp³-hybridized carbons (Fsp3) is 0.0968. The van der Waals surface area contributed by atoms with Crippen LogP contribution in [0.5, 0.6) is 0 Å². The maximum Gasteiger partial charge on any atom is 0.252 e. The monoisotopic (exact) mass is 830 g/mol. The fourth-order valence-electron chi connectivity index (χ4n) is 11.6. The van der Waals surface area contributed by atoms with Crippen LogP contribution >= 0.6 is 0 Å². The first-order valence-corrected chi connectivity index (χ1v) is 23.5. The van der Waals surface area contributed by atoms with Gasteiger partial charge in [-0.05, 0) is 139 Å². The molecule has 0 radical (unpaired) electrons. The summed E-state index contributed by atoms with van der Waals surface area (Å²) in [7, 11) is 0. The molecule has 0 atom stereocenters. The summed E-state index contributed by atoms with van der Waals surface area (Å²) in [4.78, 5) is 5.21. The maximum atomic E-state index is 2.61. The topological polar surface area (TPSA) is 6.48 Å². The van der Waals surface area contributed by atoms with E-state index in [9.17, 15) is 0 Å². The second-order valence-corrected chi connectivity index (χ2v) is 18.2. The van der Waals surface area contributed by atoms with Crippen molar-refractivity contribution in [3.63, 3.8) is 0 Å². The highest BCUT2D eigenvalue weighted by molar-refractivity contribution is 7.00. The minimum Gasteiger partial charge on any atom is -0.311 e. The molecule has 1 aliphatic carbocycles. The van der Waals surface area contributed by atoms with Gasteiger partial charge in [-0.25, -0.2) is 0 Å². The van der Waals surface area contributed by atoms with Crippen molar-refractivity contribution in [3.8, 4) is 33.4 Å². The summed E-state index contributed by atoms with van der Waals surface area (Å²) in [5.74, 6) is 0.513. The fourth-order valence-corrected chi connectivity index (χ4v) is 11.6. The van der Waals surface area contributed by atoms with E-state index >= 15 is 0 Å². The van der Waals surface area contributed by atoms with Crippen LogP contribution in [0.15, 0.2) is 218 Å². The molecule has 0 spiro atoms. The van der Waals surface area contributed by atoms with E-state index < -0.39 is 0 Å². The Morgan fingerprint density at radius 3 is 1.72 bits per heavy atom. The lowest BCUT2D eigenvalue weighted by Crippen LogP contribution is -2.61. The number of rotatable bonds is 6. The molecule has 10 aromatic rings. The van der Waals surface area contributed by atoms with Crippen molar-refractivity contribution in [1.82, 2.24) is 0 Å². The van der Waals surface area contributed by atoms with Gasteiger partial charge in [-0.2, -0.15) is 0 Å². The molecular formula is C62H47BN2. The van der Waals surface area contributed by atoms with Crippen LogP contribution < -0.4 is 26.2 Å². The Labute approximate surface area is 382 Å². The van der Waals surface area contributed by atoms with Gasteiger partial charge in [-0.3, -0.25) is 0 Å². The van der Waals surface area contributed by atoms with Gasteiger partial charge in [-0.1, -0.05) is 189 Å². The van der Waals surface area contributed by atoms with E-state index in [1.165, 1.54) is 143 Å². The molecular weight excluding hydrogens is 784 g/mol. The number of hydrogen-bond acceptors (Lipinski definition) is 2. The Hall–Kier alpha value is -7.62. The van der Waals surface area contributed by atoms with Crippen molar-refractivity contribution >= 4 is 78.8 Å². The van der Waals surface area contributed by atoms with Crippen molar-refractivity contribution in [2.45, 2.75) is 38.0 Å². The van der Waals surface area contributed by atoms with Crippen molar-refractivity contribution in [2.24, 2.45) is 0 Å². The molecule has 0 unspecified atom stereocenters. The Morgan fingerprint density at radius 2 is 0.938 bits per heavy atom. The predicted molar refractivity (Wildman–Crippen MR) is 278 cm³/mol. The van der Waals surface area contributed by atoms with Gasteiger partial charge in [0, 0.05) is 34.0 Å². The Kier molecular flexibility index (Phi) is 9.08. The van der Waals surface area contributed by atoms with Crippen molar-refractivity contribution in [1.29, 1.82) is 0 Å². The van der Waals surface area contributed by atoms with Gasteiger partial charge in [-0.15, -0.1) is 0 Å². The minimum absolute atomic E-state index is 0.0369. The van der Waals surface area contributed by atoms with E-state index in [1.54, 1.807) is 0 Å². The standard InChI is InChI=1S/C62H47BN2/c1-4-18-42(19-5-1)46-34-37-59-56(39-46)63-55-29-15-17-31-58(55)65(57-30-16-14-26-51(57)44-22-8-3-9-23-44)61-41-48(43-20-6-2-7-21-43)40-60(62(61)63)64(59)49-35-32-45(33-36-49)54-38-47-24-10-11-25-50(47)52-27-12-13-28-53(52)54/h1,3-5,8-19,22-41,43H,2,6-7,20-21H2. The first-order chi connectivity index (χ1) is 32.3. The zero-order valence-electron chi connectivity index (χ0n) is 36.4. The van der Waals surface area contributed by atoms with Gasteiger partial charge in [0.1, 0.15) is 0 Å². The Morgan fingerprint density at radius 1 is 0.354 bits per heavy atom. The number of hydrogen-bond donors (Lipinski definition) is 0. The van der Waals surface area contributed by atoms with E-state index in [0.717, 1.165) is 0 Å². The van der Waals surface area contributed by atoms with Crippen LogP contribution in [0.25, 0.3) is 54.9 Å². The second kappa shape index (κ2) is 15.6. The van der Waals surface area contributed by atoms with Crippen LogP contribution in [0, 0.1) is 0 Å². The van der Waals surface area contributed by atoms with Crippen molar-refractivity contribution in [2.75, 3.05) is 9.80 Å². The van der Waals surface area contributed by atoms with Gasteiger partial charge < -0.3 is 9.80 Å². The van der Waals surface area contributed by atoms with Gasteiger partial charge in [0.2, 0.25) is 0 Å². The maximum absolute atomic E-state index is 2.61. The van der Waals surface area contributed by atoms with E-state index in [4.69, 9.17) is 0 Å². The summed E-state index contributed by atoms with van der Waals surface area (Å²) >= 11 is 0. The third-order valence-corrected chi connectivity index (χ3v) is 14.6. The molecule has 10 aromatic carbocycles. The Balaban J connectivity index is 1.07. The molecule has 1 saturated carbocycles. The average molecular weight is 831 g/mol. The number of fused-ring (bicyclic) bond motifs is 7. The molecule has 0 amide bonds. The molecule has 0 saturated heterocycles. The van der Waals surface area contributed by atoms with E-state index in [1.807, 2.05) is 0 Å². The number of benzene rings is 10. The van der Waals surface area contributed by atoms with Gasteiger partial charge in [0.15, 0.2) is 0 Å². The molecule has 1 fully saturated rings. The highest BCUT2D eigenvalue weighted by atomic mass is 15.2. The summed E-state index contributed by atoms with van der Waals surface area (Å²) in [5, 5.41) is 5.13. The zero-order chi connectivity index (χ0) is 42.8. The first-order valence-electron chi connectivity index (χ1n) is 23.5. The Bertz CT molecular complexity index is 3430. The van der Waals surface area contributed by atoms with Crippen molar-refractivity contribution in [3.05, 3.63) is 224 Å². The van der Waals surface area contributed by atoms with Crippen molar-refractivity contribution < 1.29 is 0 Å². The third kappa shape index (κ3) is 6.25. The molecule has 13 rings (SSSR count). The molecule has 3 heteroatoms. The average Bonchev–Trinajstić information content (AvgIpc) is 3.39. The van der Waals surface area contributed by atoms with Crippen LogP contribution in [0.1, 0.15) is 43.6 Å². The molecule has 2 nitrogen and oxygen atoms in total.